The maximum atomic E-state index is 8.58. The maximum absolute atomic E-state index is 8.58. The van der Waals surface area contributed by atoms with Crippen LogP contribution in [0.25, 0.3) is 0 Å². The molecule has 0 bridgehead atoms. The van der Waals surface area contributed by atoms with E-state index in [1.54, 1.807) is 0 Å². The summed E-state index contributed by atoms with van der Waals surface area (Å²) in [5.74, 6) is 0. The predicted molar refractivity (Wildman–Crippen MR) is 53.8 cm³/mol. The smallest absolute Gasteiger partial charge is 0.0431 e. The number of unbranched alkanes of at least 4 members (excludes halogenated alkanes) is 1. The van der Waals surface area contributed by atoms with E-state index in [9.17, 15) is 0 Å². The molecule has 1 aliphatic rings. The summed E-state index contributed by atoms with van der Waals surface area (Å²) in [6.07, 6.45) is 7.46. The lowest BCUT2D eigenvalue weighted by Crippen LogP contribution is -2.33. The molecule has 2 N–H and O–H groups in total. The molecule has 1 heterocycles. The van der Waals surface area contributed by atoms with Crippen LogP contribution in [0, 0.1) is 0 Å². The molecule has 74 valence electrons. The first-order chi connectivity index (χ1) is 5.43. The fourth-order valence-electron chi connectivity index (χ4n) is 1.67. The van der Waals surface area contributed by atoms with E-state index in [4.69, 9.17) is 5.11 Å². The Hall–Kier alpha value is 0.210. The summed E-state index contributed by atoms with van der Waals surface area (Å²) in [7, 11) is 0. The standard InChI is InChI=1S/C9H19NO.ClH/c11-8-4-2-6-9-5-1-3-7-10-9;/h9-11H,1-8H2;1H/t9-;/m0./s1. The van der Waals surface area contributed by atoms with Crippen molar-refractivity contribution in [3.63, 3.8) is 0 Å². The third kappa shape index (κ3) is 4.96. The third-order valence-corrected chi connectivity index (χ3v) is 2.37. The predicted octanol–water partition coefficient (Wildman–Crippen LogP) is 1.71. The molecule has 0 aromatic rings. The lowest BCUT2D eigenvalue weighted by atomic mass is 10.00. The Balaban J connectivity index is 0.00000121. The van der Waals surface area contributed by atoms with E-state index in [-0.39, 0.29) is 12.4 Å². The van der Waals surface area contributed by atoms with Crippen LogP contribution in [-0.4, -0.2) is 24.3 Å². The molecule has 0 saturated carbocycles. The zero-order valence-electron chi connectivity index (χ0n) is 7.59. The molecule has 0 amide bonds. The SMILES string of the molecule is Cl.OCCCC[C@@H]1CCCCN1. The molecule has 12 heavy (non-hydrogen) atoms. The van der Waals surface area contributed by atoms with Crippen molar-refractivity contribution in [2.75, 3.05) is 13.2 Å². The molecular formula is C9H20ClNO. The van der Waals surface area contributed by atoms with Crippen LogP contribution in [0.15, 0.2) is 0 Å². The van der Waals surface area contributed by atoms with Crippen LogP contribution in [0.4, 0.5) is 0 Å². The Bertz CT molecular complexity index is 94.5. The Kier molecular flexibility index (Phi) is 7.98. The van der Waals surface area contributed by atoms with Crippen molar-refractivity contribution in [1.29, 1.82) is 0 Å². The first-order valence-electron chi connectivity index (χ1n) is 4.77. The second-order valence-corrected chi connectivity index (χ2v) is 3.37. The molecule has 0 spiro atoms. The van der Waals surface area contributed by atoms with Crippen molar-refractivity contribution in [1.82, 2.24) is 5.32 Å². The van der Waals surface area contributed by atoms with Crippen LogP contribution in [0.1, 0.15) is 38.5 Å². The number of piperidine rings is 1. The van der Waals surface area contributed by atoms with E-state index >= 15 is 0 Å². The highest BCUT2D eigenvalue weighted by atomic mass is 35.5. The van der Waals surface area contributed by atoms with Gasteiger partial charge in [-0.25, -0.2) is 0 Å². The van der Waals surface area contributed by atoms with Gasteiger partial charge in [0.2, 0.25) is 0 Å². The molecule has 1 fully saturated rings. The van der Waals surface area contributed by atoms with E-state index in [2.05, 4.69) is 5.32 Å². The molecule has 3 heteroatoms. The highest BCUT2D eigenvalue weighted by Crippen LogP contribution is 2.12. The number of aliphatic hydroxyl groups is 1. The summed E-state index contributed by atoms with van der Waals surface area (Å²) in [5, 5.41) is 12.1. The lowest BCUT2D eigenvalue weighted by molar-refractivity contribution is 0.275. The van der Waals surface area contributed by atoms with Crippen LogP contribution in [0.2, 0.25) is 0 Å². The normalized spacial score (nSPS) is 23.2. The van der Waals surface area contributed by atoms with Gasteiger partial charge in [-0.3, -0.25) is 0 Å². The summed E-state index contributed by atoms with van der Waals surface area (Å²) in [6, 6.07) is 0.746. The molecular weight excluding hydrogens is 174 g/mol. The molecule has 0 aromatic heterocycles. The minimum Gasteiger partial charge on any atom is -0.396 e. The fourth-order valence-corrected chi connectivity index (χ4v) is 1.67. The minimum absolute atomic E-state index is 0. The van der Waals surface area contributed by atoms with E-state index in [1.165, 1.54) is 38.6 Å². The van der Waals surface area contributed by atoms with Gasteiger partial charge in [0.25, 0.3) is 0 Å². The first-order valence-corrected chi connectivity index (χ1v) is 4.77. The summed E-state index contributed by atoms with van der Waals surface area (Å²) < 4.78 is 0. The molecule has 0 unspecified atom stereocenters. The van der Waals surface area contributed by atoms with Gasteiger partial charge in [-0.1, -0.05) is 6.42 Å². The van der Waals surface area contributed by atoms with Gasteiger partial charge in [0.15, 0.2) is 0 Å². The van der Waals surface area contributed by atoms with Crippen molar-refractivity contribution >= 4 is 12.4 Å². The van der Waals surface area contributed by atoms with Crippen LogP contribution in [0.3, 0.4) is 0 Å². The average molecular weight is 194 g/mol. The second kappa shape index (κ2) is 7.84. The quantitative estimate of drug-likeness (QED) is 0.667. The largest absolute Gasteiger partial charge is 0.396 e. The van der Waals surface area contributed by atoms with Crippen molar-refractivity contribution < 1.29 is 5.11 Å². The zero-order chi connectivity index (χ0) is 7.94. The average Bonchev–Trinajstić information content (AvgIpc) is 2.07. The third-order valence-electron chi connectivity index (χ3n) is 2.37. The maximum Gasteiger partial charge on any atom is 0.0431 e. The van der Waals surface area contributed by atoms with E-state index < -0.39 is 0 Å². The molecule has 2 nitrogen and oxygen atoms in total. The number of hydrogen-bond acceptors (Lipinski definition) is 2. The summed E-state index contributed by atoms with van der Waals surface area (Å²) in [4.78, 5) is 0. The topological polar surface area (TPSA) is 32.3 Å². The molecule has 1 rings (SSSR count). The Morgan fingerprint density at radius 2 is 2.08 bits per heavy atom. The van der Waals surface area contributed by atoms with E-state index in [0.717, 1.165) is 12.5 Å². The molecule has 0 aromatic carbocycles. The summed E-state index contributed by atoms with van der Waals surface area (Å²) in [5.41, 5.74) is 0. The summed E-state index contributed by atoms with van der Waals surface area (Å²) >= 11 is 0. The Labute approximate surface area is 81.2 Å². The number of aliphatic hydroxyl groups excluding tert-OH is 1. The number of hydrogen-bond donors (Lipinski definition) is 2. The molecule has 1 aliphatic heterocycles. The minimum atomic E-state index is 0. The van der Waals surface area contributed by atoms with Gasteiger partial charge in [0, 0.05) is 12.6 Å². The number of halogens is 1. The molecule has 0 radical (unpaired) electrons. The van der Waals surface area contributed by atoms with Gasteiger partial charge in [-0.2, -0.15) is 0 Å². The van der Waals surface area contributed by atoms with Gasteiger partial charge >= 0.3 is 0 Å². The molecule has 1 atom stereocenters. The van der Waals surface area contributed by atoms with Gasteiger partial charge in [0.05, 0.1) is 0 Å². The lowest BCUT2D eigenvalue weighted by Gasteiger charge is -2.23. The van der Waals surface area contributed by atoms with E-state index in [1.807, 2.05) is 0 Å². The first kappa shape index (κ1) is 12.2. The van der Waals surface area contributed by atoms with Gasteiger partial charge in [-0.15, -0.1) is 12.4 Å². The van der Waals surface area contributed by atoms with Gasteiger partial charge < -0.3 is 10.4 Å². The van der Waals surface area contributed by atoms with Crippen LogP contribution >= 0.6 is 12.4 Å². The Morgan fingerprint density at radius 1 is 1.25 bits per heavy atom. The molecule has 0 aliphatic carbocycles. The monoisotopic (exact) mass is 193 g/mol. The van der Waals surface area contributed by atoms with Crippen molar-refractivity contribution in [2.24, 2.45) is 0 Å². The van der Waals surface area contributed by atoms with Crippen molar-refractivity contribution in [2.45, 2.75) is 44.6 Å². The second-order valence-electron chi connectivity index (χ2n) is 3.37. The van der Waals surface area contributed by atoms with Crippen molar-refractivity contribution in [3.05, 3.63) is 0 Å². The van der Waals surface area contributed by atoms with Gasteiger partial charge in [0.1, 0.15) is 0 Å². The van der Waals surface area contributed by atoms with E-state index in [0.29, 0.717) is 6.61 Å². The van der Waals surface area contributed by atoms with Crippen molar-refractivity contribution in [3.8, 4) is 0 Å². The Morgan fingerprint density at radius 3 is 2.67 bits per heavy atom. The molecule has 1 saturated heterocycles. The van der Waals surface area contributed by atoms with Crippen LogP contribution < -0.4 is 5.32 Å². The highest BCUT2D eigenvalue weighted by molar-refractivity contribution is 5.85. The zero-order valence-corrected chi connectivity index (χ0v) is 8.41. The number of rotatable bonds is 4. The fraction of sp³-hybridized carbons (Fsp3) is 1.00. The highest BCUT2D eigenvalue weighted by Gasteiger charge is 2.10. The van der Waals surface area contributed by atoms with Crippen LogP contribution in [0.5, 0.6) is 0 Å². The summed E-state index contributed by atoms with van der Waals surface area (Å²) in [6.45, 7) is 1.55. The van der Waals surface area contributed by atoms with Gasteiger partial charge in [-0.05, 0) is 38.6 Å². The number of nitrogens with one attached hydrogen (secondary N) is 1. The van der Waals surface area contributed by atoms with Crippen LogP contribution in [-0.2, 0) is 0 Å².